The number of hydrogen-bond acceptors (Lipinski definition) is 2. The largest absolute Gasteiger partial charge is 0.313 e. The molecule has 0 saturated carbocycles. The van der Waals surface area contributed by atoms with E-state index in [9.17, 15) is 0 Å². The minimum absolute atomic E-state index is 0.493. The van der Waals surface area contributed by atoms with Crippen molar-refractivity contribution in [1.82, 2.24) is 0 Å². The molecule has 0 bridgehead atoms. The molecule has 3 heterocycles. The maximum absolute atomic E-state index is 5.74. The van der Waals surface area contributed by atoms with Crippen LogP contribution in [-0.2, 0) is 4.74 Å². The summed E-state index contributed by atoms with van der Waals surface area (Å²) in [6, 6.07) is 0. The molecule has 72 valence electrons. The Morgan fingerprint density at radius 1 is 1.54 bits per heavy atom. The molecule has 3 aliphatic heterocycles. The van der Waals surface area contributed by atoms with Crippen LogP contribution in [0.25, 0.3) is 0 Å². The molecule has 0 N–H and O–H groups in total. The average Bonchev–Trinajstić information content (AvgIpc) is 2.75. The normalized spacial score (nSPS) is 56.5. The van der Waals surface area contributed by atoms with E-state index in [0.717, 1.165) is 15.8 Å². The topological polar surface area (TPSA) is 12.5 Å². The molecule has 2 saturated heterocycles. The van der Waals surface area contributed by atoms with Gasteiger partial charge in [0.15, 0.2) is 11.5 Å². The van der Waals surface area contributed by atoms with Crippen LogP contribution in [0.5, 0.6) is 0 Å². The molecule has 3 heteroatoms. The number of nitrogens with zero attached hydrogens (tertiary/aromatic N) is 1. The molecule has 3 rings (SSSR count). The second-order valence-corrected chi connectivity index (χ2v) is 5.50. The molecule has 0 amide bonds. The van der Waals surface area contributed by atoms with Gasteiger partial charge in [0.25, 0.3) is 0 Å². The molecule has 5 atom stereocenters. The lowest BCUT2D eigenvalue weighted by Crippen LogP contribution is -2.44. The lowest BCUT2D eigenvalue weighted by molar-refractivity contribution is -0.884. The molecule has 0 aromatic carbocycles. The number of fused-ring (bicyclic) bond motifs is 3. The summed E-state index contributed by atoms with van der Waals surface area (Å²) < 4.78 is 6.78. The summed E-state index contributed by atoms with van der Waals surface area (Å²) in [4.78, 5) is 0. The van der Waals surface area contributed by atoms with Crippen molar-refractivity contribution in [3.8, 4) is 0 Å². The molecule has 13 heavy (non-hydrogen) atoms. The third-order valence-electron chi connectivity index (χ3n) is 3.61. The number of epoxide rings is 1. The highest BCUT2D eigenvalue weighted by atomic mass is 32.2. The van der Waals surface area contributed by atoms with E-state index in [1.54, 1.807) is 0 Å². The molecule has 2 fully saturated rings. The quantitative estimate of drug-likeness (QED) is 0.498. The van der Waals surface area contributed by atoms with Gasteiger partial charge in [-0.2, -0.15) is 0 Å². The first kappa shape index (κ1) is 8.33. The summed E-state index contributed by atoms with van der Waals surface area (Å²) >= 11 is 2.01. The number of hydrogen-bond donors (Lipinski definition) is 0. The standard InChI is InChI=1S/C10H16NOS/c1-3-4-7-8-9(12-8)11(2)5-6-13-10(7)11/h5-10H,3-4H2,1-2H3/q+1. The first-order valence-corrected chi connectivity index (χ1v) is 6.06. The van der Waals surface area contributed by atoms with Crippen molar-refractivity contribution in [2.45, 2.75) is 37.5 Å². The van der Waals surface area contributed by atoms with Gasteiger partial charge in [-0.3, -0.25) is 4.48 Å². The Morgan fingerprint density at radius 2 is 2.38 bits per heavy atom. The van der Waals surface area contributed by atoms with Crippen LogP contribution in [0.4, 0.5) is 0 Å². The first-order valence-electron chi connectivity index (χ1n) is 5.11. The average molecular weight is 198 g/mol. The monoisotopic (exact) mass is 198 g/mol. The fraction of sp³-hybridized carbons (Fsp3) is 0.800. The maximum atomic E-state index is 5.74. The van der Waals surface area contributed by atoms with Gasteiger partial charge in [0.2, 0.25) is 6.23 Å². The van der Waals surface area contributed by atoms with Crippen LogP contribution in [0.1, 0.15) is 19.8 Å². The molecule has 5 unspecified atom stereocenters. The predicted molar refractivity (Wildman–Crippen MR) is 53.8 cm³/mol. The fourth-order valence-electron chi connectivity index (χ4n) is 2.88. The van der Waals surface area contributed by atoms with E-state index >= 15 is 0 Å². The zero-order chi connectivity index (χ0) is 9.05. The number of quaternary nitrogens is 1. The van der Waals surface area contributed by atoms with Gasteiger partial charge in [-0.1, -0.05) is 25.1 Å². The van der Waals surface area contributed by atoms with Gasteiger partial charge in [0.1, 0.15) is 6.20 Å². The molecule has 2 nitrogen and oxygen atoms in total. The summed E-state index contributed by atoms with van der Waals surface area (Å²) in [5, 5.41) is 3.01. The van der Waals surface area contributed by atoms with E-state index in [2.05, 4.69) is 25.6 Å². The highest BCUT2D eigenvalue weighted by Gasteiger charge is 2.70. The Kier molecular flexibility index (Phi) is 1.62. The SMILES string of the molecule is CCCC1C2OC2[N+]2(C)C=CSC12. The third-order valence-corrected chi connectivity index (χ3v) is 4.97. The van der Waals surface area contributed by atoms with Crippen molar-refractivity contribution in [3.05, 3.63) is 11.6 Å². The zero-order valence-electron chi connectivity index (χ0n) is 8.14. The van der Waals surface area contributed by atoms with Crippen LogP contribution in [0.2, 0.25) is 0 Å². The second-order valence-electron chi connectivity index (χ2n) is 4.48. The molecule has 0 aromatic rings. The van der Waals surface area contributed by atoms with E-state index < -0.39 is 0 Å². The van der Waals surface area contributed by atoms with Crippen LogP contribution in [0.3, 0.4) is 0 Å². The van der Waals surface area contributed by atoms with Gasteiger partial charge >= 0.3 is 0 Å². The van der Waals surface area contributed by atoms with Crippen LogP contribution in [0, 0.1) is 5.92 Å². The first-order chi connectivity index (χ1) is 6.27. The number of thioether (sulfide) groups is 1. The molecular weight excluding hydrogens is 182 g/mol. The van der Waals surface area contributed by atoms with E-state index in [-0.39, 0.29) is 0 Å². The van der Waals surface area contributed by atoms with Gasteiger partial charge < -0.3 is 4.74 Å². The summed E-state index contributed by atoms with van der Waals surface area (Å²) in [6.45, 7) is 2.27. The van der Waals surface area contributed by atoms with Crippen LogP contribution >= 0.6 is 11.8 Å². The van der Waals surface area contributed by atoms with Crippen molar-refractivity contribution in [1.29, 1.82) is 0 Å². The highest BCUT2D eigenvalue weighted by molar-refractivity contribution is 8.02. The van der Waals surface area contributed by atoms with Crippen molar-refractivity contribution < 1.29 is 9.22 Å². The number of likely N-dealkylation sites (N-methyl/N-ethyl adjacent to an activating group) is 1. The molecule has 0 aliphatic carbocycles. The lowest BCUT2D eigenvalue weighted by atomic mass is 10.0. The van der Waals surface area contributed by atoms with Crippen LogP contribution < -0.4 is 0 Å². The predicted octanol–water partition coefficient (Wildman–Crippen LogP) is 2.13. The minimum Gasteiger partial charge on any atom is -0.313 e. The van der Waals surface area contributed by atoms with Crippen LogP contribution in [0.15, 0.2) is 11.6 Å². The minimum atomic E-state index is 0.493. The van der Waals surface area contributed by atoms with Gasteiger partial charge in [0.05, 0.1) is 13.0 Å². The summed E-state index contributed by atoms with van der Waals surface area (Å²) in [6.07, 6.45) is 6.00. The van der Waals surface area contributed by atoms with Crippen molar-refractivity contribution in [2.24, 2.45) is 5.92 Å². The lowest BCUT2D eigenvalue weighted by Gasteiger charge is -2.30. The third kappa shape index (κ3) is 0.928. The van der Waals surface area contributed by atoms with E-state index in [1.807, 2.05) is 11.8 Å². The van der Waals surface area contributed by atoms with Crippen molar-refractivity contribution in [2.75, 3.05) is 7.05 Å². The fourth-order valence-corrected chi connectivity index (χ4v) is 4.32. The highest BCUT2D eigenvalue weighted by Crippen LogP contribution is 2.57. The Morgan fingerprint density at radius 3 is 3.15 bits per heavy atom. The van der Waals surface area contributed by atoms with Gasteiger partial charge in [0, 0.05) is 5.41 Å². The van der Waals surface area contributed by atoms with E-state index in [0.29, 0.717) is 12.3 Å². The van der Waals surface area contributed by atoms with Gasteiger partial charge in [-0.15, -0.1) is 0 Å². The smallest absolute Gasteiger partial charge is 0.226 e. The van der Waals surface area contributed by atoms with Crippen molar-refractivity contribution in [3.63, 3.8) is 0 Å². The molecule has 0 aromatic heterocycles. The molecule has 3 aliphatic rings. The van der Waals surface area contributed by atoms with Crippen molar-refractivity contribution >= 4 is 11.8 Å². The summed E-state index contributed by atoms with van der Waals surface area (Å²) in [5.74, 6) is 0.792. The Labute approximate surface area is 83.5 Å². The molecule has 0 spiro atoms. The Balaban J connectivity index is 1.87. The number of rotatable bonds is 2. The molecular formula is C10H16NOS+. The zero-order valence-corrected chi connectivity index (χ0v) is 8.96. The Bertz CT molecular complexity index is 268. The van der Waals surface area contributed by atoms with Crippen LogP contribution in [-0.4, -0.2) is 29.2 Å². The Hall–Kier alpha value is 0.01000. The second kappa shape index (κ2) is 2.53. The van der Waals surface area contributed by atoms with Gasteiger partial charge in [-0.25, -0.2) is 0 Å². The van der Waals surface area contributed by atoms with E-state index in [4.69, 9.17) is 4.74 Å². The van der Waals surface area contributed by atoms with Gasteiger partial charge in [-0.05, 0) is 6.42 Å². The number of ether oxygens (including phenoxy) is 1. The maximum Gasteiger partial charge on any atom is 0.226 e. The molecule has 0 radical (unpaired) electrons. The summed E-state index contributed by atoms with van der Waals surface area (Å²) in [5.41, 5.74) is 0. The summed E-state index contributed by atoms with van der Waals surface area (Å²) in [7, 11) is 2.31. The van der Waals surface area contributed by atoms with E-state index in [1.165, 1.54) is 12.8 Å².